The van der Waals surface area contributed by atoms with Crippen molar-refractivity contribution in [1.82, 2.24) is 14.5 Å². The van der Waals surface area contributed by atoms with Crippen LogP contribution in [0.3, 0.4) is 0 Å². The fourth-order valence-corrected chi connectivity index (χ4v) is 2.47. The van der Waals surface area contributed by atoms with Gasteiger partial charge in [0.25, 0.3) is 5.91 Å². The summed E-state index contributed by atoms with van der Waals surface area (Å²) in [7, 11) is 0. The van der Waals surface area contributed by atoms with Crippen molar-refractivity contribution in [3.63, 3.8) is 0 Å². The van der Waals surface area contributed by atoms with Gasteiger partial charge in [0.2, 0.25) is 0 Å². The van der Waals surface area contributed by atoms with Gasteiger partial charge in [-0.1, -0.05) is 0 Å². The first-order valence-corrected chi connectivity index (χ1v) is 6.72. The minimum atomic E-state index is 0.150. The Labute approximate surface area is 112 Å². The molecule has 0 saturated carbocycles. The van der Waals surface area contributed by atoms with E-state index in [2.05, 4.69) is 4.98 Å². The second kappa shape index (κ2) is 5.26. The van der Waals surface area contributed by atoms with E-state index in [-0.39, 0.29) is 5.91 Å². The lowest BCUT2D eigenvalue weighted by Crippen LogP contribution is -2.35. The number of likely N-dealkylation sites (tertiary alicyclic amines) is 1. The van der Waals surface area contributed by atoms with E-state index in [1.54, 1.807) is 12.5 Å². The molecule has 0 spiro atoms. The minimum Gasteiger partial charge on any atom is -0.339 e. The van der Waals surface area contributed by atoms with Crippen LogP contribution < -0.4 is 0 Å². The van der Waals surface area contributed by atoms with Crippen LogP contribution in [0.5, 0.6) is 0 Å². The monoisotopic (exact) mass is 255 g/mol. The fourth-order valence-electron chi connectivity index (χ4n) is 2.47. The number of benzene rings is 1. The Morgan fingerprint density at radius 3 is 2.42 bits per heavy atom. The van der Waals surface area contributed by atoms with E-state index in [1.165, 1.54) is 6.42 Å². The number of aromatic nitrogens is 2. The van der Waals surface area contributed by atoms with Crippen LogP contribution in [-0.2, 0) is 0 Å². The lowest BCUT2D eigenvalue weighted by atomic mass is 10.1. The maximum Gasteiger partial charge on any atom is 0.253 e. The first-order chi connectivity index (χ1) is 9.34. The predicted octanol–water partition coefficient (Wildman–Crippen LogP) is 2.50. The van der Waals surface area contributed by atoms with Gasteiger partial charge in [0.05, 0.1) is 6.33 Å². The van der Waals surface area contributed by atoms with Crippen molar-refractivity contribution in [3.8, 4) is 5.69 Å². The van der Waals surface area contributed by atoms with Gasteiger partial charge < -0.3 is 9.47 Å². The number of imidazole rings is 1. The molecule has 0 aliphatic carbocycles. The predicted molar refractivity (Wildman–Crippen MR) is 73.3 cm³/mol. The second-order valence-electron chi connectivity index (χ2n) is 4.87. The van der Waals surface area contributed by atoms with Gasteiger partial charge in [0.15, 0.2) is 0 Å². The molecule has 3 rings (SSSR count). The molecule has 4 heteroatoms. The zero-order valence-electron chi connectivity index (χ0n) is 10.8. The van der Waals surface area contributed by atoms with Crippen LogP contribution in [0, 0.1) is 0 Å². The largest absolute Gasteiger partial charge is 0.339 e. The Morgan fingerprint density at radius 1 is 1.05 bits per heavy atom. The normalized spacial score (nSPS) is 15.5. The van der Waals surface area contributed by atoms with Crippen molar-refractivity contribution in [1.29, 1.82) is 0 Å². The minimum absolute atomic E-state index is 0.150. The summed E-state index contributed by atoms with van der Waals surface area (Å²) in [5.41, 5.74) is 1.79. The lowest BCUT2D eigenvalue weighted by molar-refractivity contribution is 0.0724. The number of amides is 1. The van der Waals surface area contributed by atoms with Crippen molar-refractivity contribution in [2.45, 2.75) is 19.3 Å². The molecule has 0 unspecified atom stereocenters. The van der Waals surface area contributed by atoms with Gasteiger partial charge in [-0.25, -0.2) is 4.98 Å². The maximum atomic E-state index is 12.3. The van der Waals surface area contributed by atoms with Gasteiger partial charge in [-0.3, -0.25) is 4.79 Å². The van der Waals surface area contributed by atoms with Gasteiger partial charge in [-0.15, -0.1) is 0 Å². The molecular formula is C15H17N3O. The van der Waals surface area contributed by atoms with Crippen LogP contribution in [0.2, 0.25) is 0 Å². The number of carbonyl (C=O) groups excluding carboxylic acids is 1. The number of rotatable bonds is 2. The molecule has 1 amide bonds. The lowest BCUT2D eigenvalue weighted by Gasteiger charge is -2.26. The zero-order chi connectivity index (χ0) is 13.1. The van der Waals surface area contributed by atoms with Crippen molar-refractivity contribution >= 4 is 5.91 Å². The SMILES string of the molecule is O=C(c1ccc(-n2ccnc2)cc1)N1CCCCC1. The highest BCUT2D eigenvalue weighted by molar-refractivity contribution is 5.94. The molecule has 0 atom stereocenters. The molecular weight excluding hydrogens is 238 g/mol. The third kappa shape index (κ3) is 2.52. The standard InChI is InChI=1S/C15H17N3O/c19-15(17-9-2-1-3-10-17)13-4-6-14(7-5-13)18-11-8-16-12-18/h4-8,11-12H,1-3,9-10H2. The molecule has 1 aromatic carbocycles. The summed E-state index contributed by atoms with van der Waals surface area (Å²) in [6, 6.07) is 7.70. The summed E-state index contributed by atoms with van der Waals surface area (Å²) >= 11 is 0. The maximum absolute atomic E-state index is 12.3. The first-order valence-electron chi connectivity index (χ1n) is 6.72. The highest BCUT2D eigenvalue weighted by atomic mass is 16.2. The van der Waals surface area contributed by atoms with E-state index in [1.807, 2.05) is 39.9 Å². The summed E-state index contributed by atoms with van der Waals surface area (Å²) in [6.45, 7) is 1.78. The number of piperidine rings is 1. The molecule has 0 N–H and O–H groups in total. The van der Waals surface area contributed by atoms with E-state index < -0.39 is 0 Å². The fraction of sp³-hybridized carbons (Fsp3) is 0.333. The number of nitrogens with zero attached hydrogens (tertiary/aromatic N) is 3. The molecule has 98 valence electrons. The van der Waals surface area contributed by atoms with Crippen LogP contribution in [0.25, 0.3) is 5.69 Å². The molecule has 19 heavy (non-hydrogen) atoms. The van der Waals surface area contributed by atoms with Crippen molar-refractivity contribution in [2.75, 3.05) is 13.1 Å². The van der Waals surface area contributed by atoms with Crippen molar-refractivity contribution < 1.29 is 4.79 Å². The Morgan fingerprint density at radius 2 is 1.79 bits per heavy atom. The highest BCUT2D eigenvalue weighted by Gasteiger charge is 2.17. The Bertz CT molecular complexity index is 539. The molecule has 1 aromatic heterocycles. The van der Waals surface area contributed by atoms with Crippen LogP contribution in [0.4, 0.5) is 0 Å². The summed E-state index contributed by atoms with van der Waals surface area (Å²) in [4.78, 5) is 18.3. The van der Waals surface area contributed by atoms with Gasteiger partial charge in [0, 0.05) is 36.7 Å². The van der Waals surface area contributed by atoms with Crippen LogP contribution in [-0.4, -0.2) is 33.4 Å². The number of hydrogen-bond donors (Lipinski definition) is 0. The Hall–Kier alpha value is -2.10. The molecule has 0 bridgehead atoms. The van der Waals surface area contributed by atoms with E-state index >= 15 is 0 Å². The quantitative estimate of drug-likeness (QED) is 0.827. The first kappa shape index (κ1) is 12.0. The summed E-state index contributed by atoms with van der Waals surface area (Å²) in [5.74, 6) is 0.150. The van der Waals surface area contributed by atoms with Crippen LogP contribution >= 0.6 is 0 Å². The Kier molecular flexibility index (Phi) is 3.31. The molecule has 2 aromatic rings. The number of hydrogen-bond acceptors (Lipinski definition) is 2. The van der Waals surface area contributed by atoms with Crippen molar-refractivity contribution in [3.05, 3.63) is 48.5 Å². The molecule has 0 radical (unpaired) electrons. The summed E-state index contributed by atoms with van der Waals surface area (Å²) in [6.07, 6.45) is 8.87. The summed E-state index contributed by atoms with van der Waals surface area (Å²) < 4.78 is 1.93. The van der Waals surface area contributed by atoms with Gasteiger partial charge >= 0.3 is 0 Å². The molecule has 4 nitrogen and oxygen atoms in total. The average molecular weight is 255 g/mol. The topological polar surface area (TPSA) is 38.1 Å². The van der Waals surface area contributed by atoms with E-state index in [9.17, 15) is 4.79 Å². The average Bonchev–Trinajstić information content (AvgIpc) is 3.02. The van der Waals surface area contributed by atoms with E-state index in [0.29, 0.717) is 0 Å². The van der Waals surface area contributed by atoms with Crippen LogP contribution in [0.1, 0.15) is 29.6 Å². The molecule has 1 aliphatic rings. The molecule has 1 saturated heterocycles. The third-order valence-electron chi connectivity index (χ3n) is 3.56. The number of carbonyl (C=O) groups is 1. The Balaban J connectivity index is 1.76. The summed E-state index contributed by atoms with van der Waals surface area (Å²) in [5, 5.41) is 0. The van der Waals surface area contributed by atoms with E-state index in [0.717, 1.165) is 37.2 Å². The molecule has 2 heterocycles. The zero-order valence-corrected chi connectivity index (χ0v) is 10.8. The van der Waals surface area contributed by atoms with Gasteiger partial charge in [-0.2, -0.15) is 0 Å². The van der Waals surface area contributed by atoms with E-state index in [4.69, 9.17) is 0 Å². The highest BCUT2D eigenvalue weighted by Crippen LogP contribution is 2.15. The van der Waals surface area contributed by atoms with Gasteiger partial charge in [0.1, 0.15) is 0 Å². The smallest absolute Gasteiger partial charge is 0.253 e. The molecule has 1 fully saturated rings. The second-order valence-corrected chi connectivity index (χ2v) is 4.87. The van der Waals surface area contributed by atoms with Crippen LogP contribution in [0.15, 0.2) is 43.0 Å². The van der Waals surface area contributed by atoms with Crippen molar-refractivity contribution in [2.24, 2.45) is 0 Å². The van der Waals surface area contributed by atoms with Gasteiger partial charge in [-0.05, 0) is 43.5 Å². The third-order valence-corrected chi connectivity index (χ3v) is 3.56. The molecule has 1 aliphatic heterocycles.